The molecular formula is C23H23N3O4S. The maximum Gasteiger partial charge on any atom is 0.255 e. The molecule has 4 rings (SSSR count). The van der Waals surface area contributed by atoms with Gasteiger partial charge in [0.05, 0.1) is 4.90 Å². The molecule has 0 aromatic heterocycles. The number of carbonyl (C=O) groups excluding carboxylic acids is 2. The molecule has 1 N–H and O–H groups in total. The largest absolute Gasteiger partial charge is 0.340 e. The first kappa shape index (κ1) is 21.0. The monoisotopic (exact) mass is 437 g/mol. The van der Waals surface area contributed by atoms with Crippen molar-refractivity contribution in [2.75, 3.05) is 31.5 Å². The molecule has 0 spiro atoms. The summed E-state index contributed by atoms with van der Waals surface area (Å²) in [6, 6.07) is 19.4. The standard InChI is InChI=1S/C23H23N3O4S/c1-17(27)25-12-14-26(15-13-25)31(29,30)20-9-4-8-19(16-20)23(28)24-22-11-5-7-18-6-2-3-10-21(18)22/h2-11,16H,12-15H2,1H3,(H,24,28). The van der Waals surface area contributed by atoms with E-state index in [4.69, 9.17) is 0 Å². The Morgan fingerprint density at radius 3 is 2.29 bits per heavy atom. The van der Waals surface area contributed by atoms with Crippen LogP contribution in [0.25, 0.3) is 10.8 Å². The number of nitrogens with one attached hydrogen (secondary N) is 1. The SMILES string of the molecule is CC(=O)N1CCN(S(=O)(=O)c2cccc(C(=O)Nc3cccc4ccccc34)c2)CC1. The van der Waals surface area contributed by atoms with Gasteiger partial charge in [0.1, 0.15) is 0 Å². The molecule has 1 heterocycles. The molecule has 0 unspecified atom stereocenters. The van der Waals surface area contributed by atoms with E-state index in [2.05, 4.69) is 5.32 Å². The molecular weight excluding hydrogens is 414 g/mol. The van der Waals surface area contributed by atoms with Crippen molar-refractivity contribution in [3.63, 3.8) is 0 Å². The van der Waals surface area contributed by atoms with E-state index in [-0.39, 0.29) is 35.4 Å². The maximum absolute atomic E-state index is 13.1. The highest BCUT2D eigenvalue weighted by Crippen LogP contribution is 2.24. The van der Waals surface area contributed by atoms with Gasteiger partial charge in [0.25, 0.3) is 5.91 Å². The summed E-state index contributed by atoms with van der Waals surface area (Å²) >= 11 is 0. The summed E-state index contributed by atoms with van der Waals surface area (Å²) < 4.78 is 27.5. The lowest BCUT2D eigenvalue weighted by Crippen LogP contribution is -2.49. The normalized spacial score (nSPS) is 15.1. The van der Waals surface area contributed by atoms with Gasteiger partial charge >= 0.3 is 0 Å². The van der Waals surface area contributed by atoms with Crippen LogP contribution in [-0.2, 0) is 14.8 Å². The molecule has 2 amide bonds. The third-order valence-electron chi connectivity index (χ3n) is 5.46. The van der Waals surface area contributed by atoms with Gasteiger partial charge in [0.15, 0.2) is 0 Å². The summed E-state index contributed by atoms with van der Waals surface area (Å²) in [4.78, 5) is 26.0. The lowest BCUT2D eigenvalue weighted by atomic mass is 10.1. The van der Waals surface area contributed by atoms with Crippen molar-refractivity contribution in [3.05, 3.63) is 72.3 Å². The van der Waals surface area contributed by atoms with Crippen molar-refractivity contribution in [2.45, 2.75) is 11.8 Å². The molecule has 0 aliphatic carbocycles. The second-order valence-corrected chi connectivity index (χ2v) is 9.36. The number of anilines is 1. The summed E-state index contributed by atoms with van der Waals surface area (Å²) in [7, 11) is -3.76. The molecule has 0 atom stereocenters. The first-order valence-electron chi connectivity index (χ1n) is 10.0. The molecule has 0 radical (unpaired) electrons. The molecule has 0 bridgehead atoms. The van der Waals surface area contributed by atoms with Crippen LogP contribution in [-0.4, -0.2) is 55.6 Å². The molecule has 1 aliphatic rings. The number of hydrogen-bond donors (Lipinski definition) is 1. The van der Waals surface area contributed by atoms with Crippen molar-refractivity contribution in [3.8, 4) is 0 Å². The van der Waals surface area contributed by atoms with Gasteiger partial charge in [-0.3, -0.25) is 9.59 Å². The van der Waals surface area contributed by atoms with Gasteiger partial charge in [-0.1, -0.05) is 42.5 Å². The fraction of sp³-hybridized carbons (Fsp3) is 0.217. The summed E-state index contributed by atoms with van der Waals surface area (Å²) in [5.41, 5.74) is 0.924. The Kier molecular flexibility index (Phi) is 5.75. The molecule has 3 aromatic carbocycles. The van der Waals surface area contributed by atoms with Crippen LogP contribution in [0, 0.1) is 0 Å². The Bertz CT molecular complexity index is 1240. The van der Waals surface area contributed by atoms with Crippen LogP contribution >= 0.6 is 0 Å². The van der Waals surface area contributed by atoms with Gasteiger partial charge in [0, 0.05) is 49.7 Å². The van der Waals surface area contributed by atoms with Crippen molar-refractivity contribution >= 4 is 38.3 Å². The fourth-order valence-corrected chi connectivity index (χ4v) is 5.19. The summed E-state index contributed by atoms with van der Waals surface area (Å²) in [6.45, 7) is 2.65. The topological polar surface area (TPSA) is 86.8 Å². The van der Waals surface area contributed by atoms with E-state index in [0.717, 1.165) is 10.8 Å². The van der Waals surface area contributed by atoms with E-state index in [0.29, 0.717) is 18.8 Å². The fourth-order valence-electron chi connectivity index (χ4n) is 3.72. The minimum absolute atomic E-state index is 0.0642. The number of carbonyl (C=O) groups is 2. The quantitative estimate of drug-likeness (QED) is 0.680. The molecule has 1 saturated heterocycles. The van der Waals surface area contributed by atoms with Gasteiger partial charge in [-0.25, -0.2) is 8.42 Å². The van der Waals surface area contributed by atoms with Crippen molar-refractivity contribution in [2.24, 2.45) is 0 Å². The average Bonchev–Trinajstić information content (AvgIpc) is 2.79. The Hall–Kier alpha value is -3.23. The average molecular weight is 438 g/mol. The number of rotatable bonds is 4. The number of fused-ring (bicyclic) bond motifs is 1. The van der Waals surface area contributed by atoms with Crippen molar-refractivity contribution < 1.29 is 18.0 Å². The lowest BCUT2D eigenvalue weighted by molar-refractivity contribution is -0.129. The summed E-state index contributed by atoms with van der Waals surface area (Å²) in [5.74, 6) is -0.445. The first-order valence-corrected chi connectivity index (χ1v) is 11.4. The van der Waals surface area contributed by atoms with Crippen molar-refractivity contribution in [1.29, 1.82) is 0 Å². The predicted octanol–water partition coefficient (Wildman–Crippen LogP) is 2.94. The Labute approximate surface area is 181 Å². The van der Waals surface area contributed by atoms with E-state index in [1.54, 1.807) is 17.0 Å². The number of amides is 2. The highest BCUT2D eigenvalue weighted by Gasteiger charge is 2.29. The molecule has 31 heavy (non-hydrogen) atoms. The van der Waals surface area contributed by atoms with Gasteiger partial charge in [-0.2, -0.15) is 4.31 Å². The third-order valence-corrected chi connectivity index (χ3v) is 7.35. The summed E-state index contributed by atoms with van der Waals surface area (Å²) in [5, 5.41) is 4.80. The van der Waals surface area contributed by atoms with E-state index < -0.39 is 10.0 Å². The molecule has 160 valence electrons. The molecule has 0 saturated carbocycles. The number of nitrogens with zero attached hydrogens (tertiary/aromatic N) is 2. The maximum atomic E-state index is 13.1. The predicted molar refractivity (Wildman–Crippen MR) is 119 cm³/mol. The number of hydrogen-bond acceptors (Lipinski definition) is 4. The minimum Gasteiger partial charge on any atom is -0.340 e. The van der Waals surface area contributed by atoms with Gasteiger partial charge in [-0.05, 0) is 29.7 Å². The van der Waals surface area contributed by atoms with E-state index >= 15 is 0 Å². The molecule has 8 heteroatoms. The zero-order chi connectivity index (χ0) is 22.0. The second-order valence-electron chi connectivity index (χ2n) is 7.42. The minimum atomic E-state index is -3.76. The number of benzene rings is 3. The third kappa shape index (κ3) is 4.30. The van der Waals surface area contributed by atoms with E-state index in [9.17, 15) is 18.0 Å². The molecule has 1 aliphatic heterocycles. The first-order chi connectivity index (χ1) is 14.9. The summed E-state index contributed by atoms with van der Waals surface area (Å²) in [6.07, 6.45) is 0. The van der Waals surface area contributed by atoms with Crippen LogP contribution in [0.4, 0.5) is 5.69 Å². The van der Waals surface area contributed by atoms with Gasteiger partial charge in [0.2, 0.25) is 15.9 Å². The van der Waals surface area contributed by atoms with E-state index in [1.807, 2.05) is 42.5 Å². The Morgan fingerprint density at radius 2 is 1.55 bits per heavy atom. The van der Waals surface area contributed by atoms with Crippen LogP contribution in [0.5, 0.6) is 0 Å². The molecule has 3 aromatic rings. The molecule has 7 nitrogen and oxygen atoms in total. The van der Waals surface area contributed by atoms with Gasteiger partial charge < -0.3 is 10.2 Å². The highest BCUT2D eigenvalue weighted by molar-refractivity contribution is 7.89. The number of piperazine rings is 1. The Morgan fingerprint density at radius 1 is 0.871 bits per heavy atom. The van der Waals surface area contributed by atoms with Crippen LogP contribution in [0.3, 0.4) is 0 Å². The van der Waals surface area contributed by atoms with E-state index in [1.165, 1.54) is 23.4 Å². The van der Waals surface area contributed by atoms with Crippen LogP contribution in [0.1, 0.15) is 17.3 Å². The smallest absolute Gasteiger partial charge is 0.255 e. The van der Waals surface area contributed by atoms with Crippen LogP contribution in [0.2, 0.25) is 0 Å². The Balaban J connectivity index is 1.55. The van der Waals surface area contributed by atoms with Gasteiger partial charge in [-0.15, -0.1) is 0 Å². The zero-order valence-corrected chi connectivity index (χ0v) is 17.9. The number of sulfonamides is 1. The van der Waals surface area contributed by atoms with Crippen molar-refractivity contribution in [1.82, 2.24) is 9.21 Å². The van der Waals surface area contributed by atoms with Crippen LogP contribution in [0.15, 0.2) is 71.6 Å². The zero-order valence-electron chi connectivity index (χ0n) is 17.1. The second kappa shape index (κ2) is 8.49. The molecule has 1 fully saturated rings. The lowest BCUT2D eigenvalue weighted by Gasteiger charge is -2.33. The van der Waals surface area contributed by atoms with Crippen LogP contribution < -0.4 is 5.32 Å². The highest BCUT2D eigenvalue weighted by atomic mass is 32.2.